The Balaban J connectivity index is 1.71. The topological polar surface area (TPSA) is 57.6 Å². The van der Waals surface area contributed by atoms with Gasteiger partial charge in [-0.15, -0.1) is 0 Å². The number of likely N-dealkylation sites (tertiary alicyclic amines) is 1. The van der Waals surface area contributed by atoms with Crippen LogP contribution in [0.25, 0.3) is 0 Å². The molecular formula is C23H34N4O. The minimum absolute atomic E-state index is 0.0624. The van der Waals surface area contributed by atoms with Gasteiger partial charge >= 0.3 is 0 Å². The monoisotopic (exact) mass is 382 g/mol. The van der Waals surface area contributed by atoms with E-state index < -0.39 is 5.54 Å². The summed E-state index contributed by atoms with van der Waals surface area (Å²) in [5.74, 6) is 2.51. The molecule has 4 heterocycles. The van der Waals surface area contributed by atoms with E-state index in [0.29, 0.717) is 35.8 Å². The summed E-state index contributed by atoms with van der Waals surface area (Å²) >= 11 is 0. The molecule has 28 heavy (non-hydrogen) atoms. The van der Waals surface area contributed by atoms with Gasteiger partial charge in [0.25, 0.3) is 5.91 Å². The smallest absolute Gasteiger partial charge is 0.252 e. The summed E-state index contributed by atoms with van der Waals surface area (Å²) in [5.41, 5.74) is 0.164. The molecule has 1 amide bonds. The number of anilines is 1. The van der Waals surface area contributed by atoms with Gasteiger partial charge in [-0.05, 0) is 49.7 Å². The molecule has 1 aromatic heterocycles. The van der Waals surface area contributed by atoms with Crippen LogP contribution in [-0.2, 0) is 4.79 Å². The molecule has 6 atom stereocenters. The van der Waals surface area contributed by atoms with E-state index in [0.717, 1.165) is 25.1 Å². The second-order valence-corrected chi connectivity index (χ2v) is 9.90. The van der Waals surface area contributed by atoms with Gasteiger partial charge in [-0.3, -0.25) is 19.7 Å². The average molecular weight is 383 g/mol. The summed E-state index contributed by atoms with van der Waals surface area (Å²) in [5, 5.41) is 3.16. The lowest BCUT2D eigenvalue weighted by molar-refractivity contribution is -0.127. The average Bonchev–Trinajstić information content (AvgIpc) is 2.87. The van der Waals surface area contributed by atoms with Crippen molar-refractivity contribution in [3.05, 3.63) is 24.5 Å². The van der Waals surface area contributed by atoms with E-state index in [2.05, 4.69) is 56.0 Å². The number of amides is 1. The second kappa shape index (κ2) is 7.25. The molecule has 2 fully saturated rings. The van der Waals surface area contributed by atoms with E-state index in [1.807, 2.05) is 12.1 Å². The SMILES string of the molecule is CC(C)CC1C2C3C=NC1(C(=O)Nc1ccncc1)CC3C(C)N2CC(C)C. The molecule has 5 nitrogen and oxygen atoms in total. The van der Waals surface area contributed by atoms with E-state index in [1.54, 1.807) is 12.4 Å². The second-order valence-electron chi connectivity index (χ2n) is 9.90. The Bertz CT molecular complexity index is 746. The molecule has 1 N–H and O–H groups in total. The van der Waals surface area contributed by atoms with Gasteiger partial charge in [0.2, 0.25) is 0 Å². The van der Waals surface area contributed by atoms with Crippen molar-refractivity contribution in [1.82, 2.24) is 9.88 Å². The summed E-state index contributed by atoms with van der Waals surface area (Å²) in [4.78, 5) is 25.4. The molecule has 1 saturated heterocycles. The highest BCUT2D eigenvalue weighted by molar-refractivity contribution is 6.00. The molecule has 5 rings (SSSR count). The van der Waals surface area contributed by atoms with Crippen LogP contribution in [0.5, 0.6) is 0 Å². The van der Waals surface area contributed by atoms with Gasteiger partial charge in [0.1, 0.15) is 5.54 Å². The van der Waals surface area contributed by atoms with Crippen molar-refractivity contribution in [3.63, 3.8) is 0 Å². The van der Waals surface area contributed by atoms with Gasteiger partial charge in [-0.25, -0.2) is 0 Å². The fraction of sp³-hybridized carbons (Fsp3) is 0.696. The van der Waals surface area contributed by atoms with Crippen molar-refractivity contribution in [3.8, 4) is 0 Å². The van der Waals surface area contributed by atoms with E-state index in [4.69, 9.17) is 4.99 Å². The van der Waals surface area contributed by atoms with E-state index >= 15 is 0 Å². The first kappa shape index (κ1) is 19.6. The predicted octanol–water partition coefficient (Wildman–Crippen LogP) is 3.87. The van der Waals surface area contributed by atoms with Gasteiger partial charge < -0.3 is 5.32 Å². The van der Waals surface area contributed by atoms with Gasteiger partial charge in [0.15, 0.2) is 0 Å². The Morgan fingerprint density at radius 1 is 1.25 bits per heavy atom. The largest absolute Gasteiger partial charge is 0.324 e. The lowest BCUT2D eigenvalue weighted by Gasteiger charge is -2.51. The number of hydrogen-bond acceptors (Lipinski definition) is 4. The minimum atomic E-state index is -0.641. The molecule has 5 heteroatoms. The lowest BCUT2D eigenvalue weighted by atomic mass is 9.58. The molecule has 1 aromatic rings. The van der Waals surface area contributed by atoms with Gasteiger partial charge in [-0.2, -0.15) is 0 Å². The first-order valence-corrected chi connectivity index (χ1v) is 10.9. The number of nitrogens with one attached hydrogen (secondary N) is 1. The van der Waals surface area contributed by atoms with Crippen LogP contribution in [0.15, 0.2) is 29.5 Å². The first-order chi connectivity index (χ1) is 13.3. The van der Waals surface area contributed by atoms with Crippen LogP contribution in [0.4, 0.5) is 5.69 Å². The summed E-state index contributed by atoms with van der Waals surface area (Å²) in [6.07, 6.45) is 7.48. The first-order valence-electron chi connectivity index (χ1n) is 10.9. The maximum absolute atomic E-state index is 13.6. The molecular weight excluding hydrogens is 348 g/mol. The van der Waals surface area contributed by atoms with E-state index in [9.17, 15) is 4.79 Å². The molecule has 4 aliphatic rings. The predicted molar refractivity (Wildman–Crippen MR) is 113 cm³/mol. The standard InChI is InChI=1S/C23H34N4O/c1-14(2)10-20-21-19-12-25-23(20,22(28)26-17-6-8-24-9-7-17)11-18(19)16(5)27(21)13-15(3)4/h6-9,12,14-16,18-21H,10-11,13H2,1-5H3,(H,24,26,28). The number of aliphatic imine (C=N–C) groups is 1. The molecule has 4 bridgehead atoms. The van der Waals surface area contributed by atoms with Gasteiger partial charge in [0.05, 0.1) is 0 Å². The summed E-state index contributed by atoms with van der Waals surface area (Å²) in [6.45, 7) is 12.6. The van der Waals surface area contributed by atoms with Crippen LogP contribution in [0.1, 0.15) is 47.5 Å². The summed E-state index contributed by atoms with van der Waals surface area (Å²) in [6, 6.07) is 4.65. The van der Waals surface area contributed by atoms with Crippen molar-refractivity contribution in [2.75, 3.05) is 11.9 Å². The van der Waals surface area contributed by atoms with Crippen LogP contribution >= 0.6 is 0 Å². The Morgan fingerprint density at radius 3 is 2.61 bits per heavy atom. The maximum atomic E-state index is 13.6. The highest BCUT2D eigenvalue weighted by Gasteiger charge is 2.65. The third kappa shape index (κ3) is 3.08. The normalized spacial score (nSPS) is 36.5. The van der Waals surface area contributed by atoms with Crippen molar-refractivity contribution in [2.24, 2.45) is 34.6 Å². The minimum Gasteiger partial charge on any atom is -0.324 e. The van der Waals surface area contributed by atoms with Gasteiger partial charge in [-0.1, -0.05) is 27.7 Å². The van der Waals surface area contributed by atoms with Crippen LogP contribution in [0.3, 0.4) is 0 Å². The zero-order chi connectivity index (χ0) is 20.1. The Labute approximate surface area is 169 Å². The fourth-order valence-corrected chi connectivity index (χ4v) is 6.03. The number of nitrogens with zero attached hydrogens (tertiary/aromatic N) is 3. The third-order valence-corrected chi connectivity index (χ3v) is 7.10. The molecule has 1 saturated carbocycles. The Hall–Kier alpha value is -1.75. The van der Waals surface area contributed by atoms with Crippen molar-refractivity contribution in [1.29, 1.82) is 0 Å². The zero-order valence-corrected chi connectivity index (χ0v) is 17.8. The Morgan fingerprint density at radius 2 is 1.96 bits per heavy atom. The highest BCUT2D eigenvalue weighted by atomic mass is 16.2. The van der Waals surface area contributed by atoms with E-state index in [-0.39, 0.29) is 11.8 Å². The Kier molecular flexibility index (Phi) is 5.07. The highest BCUT2D eigenvalue weighted by Crippen LogP contribution is 2.57. The summed E-state index contributed by atoms with van der Waals surface area (Å²) < 4.78 is 0. The molecule has 0 radical (unpaired) electrons. The van der Waals surface area contributed by atoms with Crippen molar-refractivity contribution in [2.45, 2.75) is 65.1 Å². The molecule has 1 aliphatic carbocycles. The van der Waals surface area contributed by atoms with Crippen LogP contribution < -0.4 is 5.32 Å². The number of pyridine rings is 1. The zero-order valence-electron chi connectivity index (χ0n) is 17.8. The lowest BCUT2D eigenvalue weighted by Crippen LogP contribution is -2.62. The van der Waals surface area contributed by atoms with Crippen LogP contribution in [-0.4, -0.2) is 46.2 Å². The molecule has 0 aromatic carbocycles. The number of carbonyl (C=O) groups excluding carboxylic acids is 1. The number of rotatable bonds is 6. The van der Waals surface area contributed by atoms with Crippen LogP contribution in [0.2, 0.25) is 0 Å². The third-order valence-electron chi connectivity index (χ3n) is 7.10. The van der Waals surface area contributed by atoms with Crippen molar-refractivity contribution < 1.29 is 4.79 Å². The maximum Gasteiger partial charge on any atom is 0.252 e. The quantitative estimate of drug-likeness (QED) is 0.812. The van der Waals surface area contributed by atoms with Gasteiger partial charge in [0, 0.05) is 54.8 Å². The molecule has 0 spiro atoms. The number of hydrogen-bond donors (Lipinski definition) is 1. The van der Waals surface area contributed by atoms with E-state index in [1.165, 1.54) is 0 Å². The fourth-order valence-electron chi connectivity index (χ4n) is 6.03. The molecule has 6 unspecified atom stereocenters. The van der Waals surface area contributed by atoms with Crippen LogP contribution in [0, 0.1) is 29.6 Å². The molecule has 3 aliphatic heterocycles. The number of aromatic nitrogens is 1. The summed E-state index contributed by atoms with van der Waals surface area (Å²) in [7, 11) is 0. The van der Waals surface area contributed by atoms with Crippen molar-refractivity contribution >= 4 is 17.8 Å². The number of carbonyl (C=O) groups is 1. The molecule has 152 valence electrons.